The quantitative estimate of drug-likeness (QED) is 0.556. The van der Waals surface area contributed by atoms with Gasteiger partial charge in [-0.1, -0.05) is 18.2 Å². The van der Waals surface area contributed by atoms with Gasteiger partial charge in [0.25, 0.3) is 0 Å². The SMILES string of the molecule is CN=C(NCC(=O)NC(C)(C)C)NCc1ccccc1OC(F)(F)F. The van der Waals surface area contributed by atoms with Crippen LogP contribution in [0, 0.1) is 0 Å². The summed E-state index contributed by atoms with van der Waals surface area (Å²) >= 11 is 0. The van der Waals surface area contributed by atoms with Crippen molar-refractivity contribution in [3.63, 3.8) is 0 Å². The van der Waals surface area contributed by atoms with Gasteiger partial charge in [0.2, 0.25) is 5.91 Å². The Morgan fingerprint density at radius 2 is 1.80 bits per heavy atom. The minimum absolute atomic E-state index is 0.0162. The van der Waals surface area contributed by atoms with Gasteiger partial charge < -0.3 is 20.7 Å². The molecule has 1 aromatic rings. The number of nitrogens with one attached hydrogen (secondary N) is 3. The van der Waals surface area contributed by atoms with Gasteiger partial charge in [-0.25, -0.2) is 0 Å². The van der Waals surface area contributed by atoms with Crippen molar-refractivity contribution < 1.29 is 22.7 Å². The summed E-state index contributed by atoms with van der Waals surface area (Å²) in [6.45, 7) is 5.60. The first kappa shape index (κ1) is 20.6. The highest BCUT2D eigenvalue weighted by molar-refractivity contribution is 5.86. The highest BCUT2D eigenvalue weighted by atomic mass is 19.4. The molecule has 25 heavy (non-hydrogen) atoms. The summed E-state index contributed by atoms with van der Waals surface area (Å²) in [5.41, 5.74) is -0.0502. The number of carbonyl (C=O) groups excluding carboxylic acids is 1. The number of amides is 1. The minimum Gasteiger partial charge on any atom is -0.405 e. The Labute approximate surface area is 144 Å². The van der Waals surface area contributed by atoms with Crippen LogP contribution in [0.1, 0.15) is 26.3 Å². The highest BCUT2D eigenvalue weighted by Crippen LogP contribution is 2.25. The number of para-hydroxylation sites is 1. The number of benzene rings is 1. The van der Waals surface area contributed by atoms with Crippen molar-refractivity contribution >= 4 is 11.9 Å². The van der Waals surface area contributed by atoms with E-state index in [0.29, 0.717) is 5.56 Å². The van der Waals surface area contributed by atoms with Crippen LogP contribution in [0.3, 0.4) is 0 Å². The maximum absolute atomic E-state index is 12.4. The van der Waals surface area contributed by atoms with Gasteiger partial charge in [-0.3, -0.25) is 9.79 Å². The first-order valence-corrected chi connectivity index (χ1v) is 7.59. The molecule has 0 fully saturated rings. The molecule has 1 aromatic carbocycles. The molecule has 0 saturated carbocycles. The van der Waals surface area contributed by atoms with E-state index in [1.807, 2.05) is 20.8 Å². The molecule has 0 atom stereocenters. The average Bonchev–Trinajstić information content (AvgIpc) is 2.45. The first-order chi connectivity index (χ1) is 11.5. The Balaban J connectivity index is 2.60. The molecule has 0 aliphatic carbocycles. The number of hydrogen-bond donors (Lipinski definition) is 3. The van der Waals surface area contributed by atoms with Gasteiger partial charge >= 0.3 is 6.36 Å². The molecule has 0 bridgehead atoms. The summed E-state index contributed by atoms with van der Waals surface area (Å²) in [7, 11) is 1.50. The molecule has 1 amide bonds. The van der Waals surface area contributed by atoms with Crippen molar-refractivity contribution in [3.05, 3.63) is 29.8 Å². The molecule has 9 heteroatoms. The van der Waals surface area contributed by atoms with Gasteiger partial charge in [0, 0.05) is 24.7 Å². The van der Waals surface area contributed by atoms with Crippen LogP contribution in [0.5, 0.6) is 5.75 Å². The Bertz CT molecular complexity index is 610. The average molecular weight is 360 g/mol. The van der Waals surface area contributed by atoms with E-state index in [4.69, 9.17) is 0 Å². The Morgan fingerprint density at radius 1 is 1.16 bits per heavy atom. The van der Waals surface area contributed by atoms with E-state index in [1.165, 1.54) is 25.2 Å². The zero-order valence-electron chi connectivity index (χ0n) is 14.6. The van der Waals surface area contributed by atoms with Crippen molar-refractivity contribution in [1.82, 2.24) is 16.0 Å². The van der Waals surface area contributed by atoms with Crippen LogP contribution in [0.4, 0.5) is 13.2 Å². The van der Waals surface area contributed by atoms with Crippen molar-refractivity contribution in [2.45, 2.75) is 39.2 Å². The lowest BCUT2D eigenvalue weighted by Gasteiger charge is -2.21. The first-order valence-electron chi connectivity index (χ1n) is 7.59. The van der Waals surface area contributed by atoms with Gasteiger partial charge in [0.1, 0.15) is 5.75 Å². The number of rotatable bonds is 5. The van der Waals surface area contributed by atoms with E-state index in [-0.39, 0.29) is 36.2 Å². The van der Waals surface area contributed by atoms with Crippen molar-refractivity contribution in [3.8, 4) is 5.75 Å². The molecular weight excluding hydrogens is 337 g/mol. The number of guanidine groups is 1. The van der Waals surface area contributed by atoms with E-state index in [1.54, 1.807) is 6.07 Å². The van der Waals surface area contributed by atoms with Crippen LogP contribution in [0.25, 0.3) is 0 Å². The molecule has 0 radical (unpaired) electrons. The van der Waals surface area contributed by atoms with Gasteiger partial charge in [-0.15, -0.1) is 13.2 Å². The van der Waals surface area contributed by atoms with Gasteiger partial charge in [-0.2, -0.15) is 0 Å². The molecule has 0 saturated heterocycles. The molecule has 6 nitrogen and oxygen atoms in total. The number of alkyl halides is 3. The Kier molecular flexibility index (Phi) is 7.08. The Morgan fingerprint density at radius 3 is 2.36 bits per heavy atom. The van der Waals surface area contributed by atoms with Crippen LogP contribution in [-0.2, 0) is 11.3 Å². The van der Waals surface area contributed by atoms with Crippen molar-refractivity contribution in [2.24, 2.45) is 4.99 Å². The normalized spacial score (nSPS) is 12.5. The van der Waals surface area contributed by atoms with E-state index >= 15 is 0 Å². The fourth-order valence-corrected chi connectivity index (χ4v) is 1.90. The van der Waals surface area contributed by atoms with Gasteiger partial charge in [-0.05, 0) is 26.8 Å². The summed E-state index contributed by atoms with van der Waals surface area (Å²) in [5, 5.41) is 8.41. The summed E-state index contributed by atoms with van der Waals surface area (Å²) < 4.78 is 41.2. The minimum atomic E-state index is -4.76. The fourth-order valence-electron chi connectivity index (χ4n) is 1.90. The van der Waals surface area contributed by atoms with Crippen LogP contribution in [-0.4, -0.2) is 37.4 Å². The molecule has 0 aliphatic heterocycles. The second-order valence-electron chi connectivity index (χ2n) is 6.23. The third kappa shape index (κ3) is 8.83. The summed E-state index contributed by atoms with van der Waals surface area (Å²) in [5.74, 6) is -0.231. The molecule has 3 N–H and O–H groups in total. The van der Waals surface area contributed by atoms with Crippen LogP contribution in [0.15, 0.2) is 29.3 Å². The predicted octanol–water partition coefficient (Wildman–Crippen LogP) is 2.16. The topological polar surface area (TPSA) is 74.8 Å². The summed E-state index contributed by atoms with van der Waals surface area (Å²) in [4.78, 5) is 15.7. The molecule has 0 aliphatic rings. The lowest BCUT2D eigenvalue weighted by atomic mass is 10.1. The van der Waals surface area contributed by atoms with Crippen LogP contribution >= 0.6 is 0 Å². The largest absolute Gasteiger partial charge is 0.573 e. The second-order valence-corrected chi connectivity index (χ2v) is 6.23. The molecular formula is C16H23F3N4O2. The van der Waals surface area contributed by atoms with Crippen LogP contribution in [0.2, 0.25) is 0 Å². The summed E-state index contributed by atoms with van der Waals surface area (Å²) in [6.07, 6.45) is -4.76. The third-order valence-corrected chi connectivity index (χ3v) is 2.80. The van der Waals surface area contributed by atoms with E-state index < -0.39 is 6.36 Å². The number of hydrogen-bond acceptors (Lipinski definition) is 3. The molecule has 0 aromatic heterocycles. The molecule has 0 spiro atoms. The monoisotopic (exact) mass is 360 g/mol. The maximum atomic E-state index is 12.4. The molecule has 1 rings (SSSR count). The van der Waals surface area contributed by atoms with E-state index in [9.17, 15) is 18.0 Å². The van der Waals surface area contributed by atoms with Gasteiger partial charge in [0.15, 0.2) is 5.96 Å². The van der Waals surface area contributed by atoms with Crippen molar-refractivity contribution in [2.75, 3.05) is 13.6 Å². The van der Waals surface area contributed by atoms with Crippen molar-refractivity contribution in [1.29, 1.82) is 0 Å². The Hall–Kier alpha value is -2.45. The predicted molar refractivity (Wildman–Crippen MR) is 89.2 cm³/mol. The van der Waals surface area contributed by atoms with Crippen LogP contribution < -0.4 is 20.7 Å². The number of ether oxygens (including phenoxy) is 1. The second kappa shape index (κ2) is 8.59. The van der Waals surface area contributed by atoms with E-state index in [0.717, 1.165) is 0 Å². The number of carbonyl (C=O) groups is 1. The molecule has 140 valence electrons. The number of halogens is 3. The third-order valence-electron chi connectivity index (χ3n) is 2.80. The molecule has 0 heterocycles. The smallest absolute Gasteiger partial charge is 0.405 e. The number of aliphatic imine (C=N–C) groups is 1. The number of nitrogens with zero attached hydrogens (tertiary/aromatic N) is 1. The summed E-state index contributed by atoms with van der Waals surface area (Å²) in [6, 6.07) is 5.80. The lowest BCUT2D eigenvalue weighted by Crippen LogP contribution is -2.48. The highest BCUT2D eigenvalue weighted by Gasteiger charge is 2.31. The maximum Gasteiger partial charge on any atom is 0.573 e. The zero-order valence-corrected chi connectivity index (χ0v) is 14.6. The zero-order chi connectivity index (χ0) is 19.1. The standard InChI is InChI=1S/C16H23F3N4O2/c1-15(2,3)23-13(24)10-22-14(20-4)21-9-11-7-5-6-8-12(11)25-16(17,18)19/h5-8H,9-10H2,1-4H3,(H,23,24)(H2,20,21,22). The lowest BCUT2D eigenvalue weighted by molar-refractivity contribution is -0.274. The molecule has 0 unspecified atom stereocenters. The van der Waals surface area contributed by atoms with E-state index in [2.05, 4.69) is 25.7 Å². The fraction of sp³-hybridized carbons (Fsp3) is 0.500. The van der Waals surface area contributed by atoms with Gasteiger partial charge in [0.05, 0.1) is 6.54 Å².